The van der Waals surface area contributed by atoms with Crippen molar-refractivity contribution in [1.29, 1.82) is 0 Å². The molecule has 0 fully saturated rings. The van der Waals surface area contributed by atoms with Crippen LogP contribution in [0, 0.1) is 5.82 Å². The van der Waals surface area contributed by atoms with Crippen molar-refractivity contribution in [3.8, 4) is 11.5 Å². The number of halogens is 1. The van der Waals surface area contributed by atoms with E-state index in [1.54, 1.807) is 0 Å². The molecule has 1 rings (SSSR count). The molecule has 76 valence electrons. The van der Waals surface area contributed by atoms with E-state index in [9.17, 15) is 9.18 Å². The van der Waals surface area contributed by atoms with Crippen molar-refractivity contribution in [3.05, 3.63) is 24.0 Å². The van der Waals surface area contributed by atoms with E-state index >= 15 is 0 Å². The van der Waals surface area contributed by atoms with Gasteiger partial charge in [0.15, 0.2) is 18.2 Å². The molecular formula is C9H9FO4. The molecule has 0 aromatic heterocycles. The largest absolute Gasteiger partial charge is 0.497 e. The van der Waals surface area contributed by atoms with E-state index in [4.69, 9.17) is 9.84 Å². The zero-order chi connectivity index (χ0) is 10.6. The number of aliphatic carboxylic acids is 1. The van der Waals surface area contributed by atoms with Crippen molar-refractivity contribution >= 4 is 5.97 Å². The highest BCUT2D eigenvalue weighted by atomic mass is 19.1. The maximum absolute atomic E-state index is 13.1. The second-order valence-electron chi connectivity index (χ2n) is 2.48. The number of rotatable bonds is 4. The van der Waals surface area contributed by atoms with Gasteiger partial charge in [0, 0.05) is 6.07 Å². The van der Waals surface area contributed by atoms with Gasteiger partial charge in [-0.2, -0.15) is 0 Å². The lowest BCUT2D eigenvalue weighted by atomic mass is 10.3. The van der Waals surface area contributed by atoms with Crippen LogP contribution < -0.4 is 9.47 Å². The topological polar surface area (TPSA) is 55.8 Å². The Balaban J connectivity index is 2.73. The fourth-order valence-electron chi connectivity index (χ4n) is 0.865. The molecule has 0 aliphatic heterocycles. The fourth-order valence-corrected chi connectivity index (χ4v) is 0.865. The molecule has 0 aliphatic carbocycles. The average molecular weight is 200 g/mol. The molecule has 14 heavy (non-hydrogen) atoms. The van der Waals surface area contributed by atoms with Crippen LogP contribution in [0.15, 0.2) is 18.2 Å². The first-order valence-electron chi connectivity index (χ1n) is 3.81. The van der Waals surface area contributed by atoms with Crippen molar-refractivity contribution in [3.63, 3.8) is 0 Å². The van der Waals surface area contributed by atoms with Crippen LogP contribution in [-0.4, -0.2) is 24.8 Å². The molecule has 0 amide bonds. The Morgan fingerprint density at radius 3 is 2.79 bits per heavy atom. The molecule has 1 aromatic carbocycles. The summed E-state index contributed by atoms with van der Waals surface area (Å²) < 4.78 is 22.5. The first kappa shape index (κ1) is 10.3. The molecule has 0 spiro atoms. The Hall–Kier alpha value is -1.78. The van der Waals surface area contributed by atoms with Crippen LogP contribution in [0.25, 0.3) is 0 Å². The Morgan fingerprint density at radius 2 is 2.29 bits per heavy atom. The van der Waals surface area contributed by atoms with Gasteiger partial charge in [0.1, 0.15) is 5.75 Å². The highest BCUT2D eigenvalue weighted by molar-refractivity contribution is 5.68. The van der Waals surface area contributed by atoms with E-state index in [-0.39, 0.29) is 5.75 Å². The molecule has 5 heteroatoms. The summed E-state index contributed by atoms with van der Waals surface area (Å²) in [6, 6.07) is 3.93. The summed E-state index contributed by atoms with van der Waals surface area (Å²) in [7, 11) is 1.41. The van der Waals surface area contributed by atoms with Crippen molar-refractivity contribution in [2.45, 2.75) is 0 Å². The number of hydrogen-bond donors (Lipinski definition) is 1. The van der Waals surface area contributed by atoms with Crippen LogP contribution in [0.1, 0.15) is 0 Å². The molecule has 0 radical (unpaired) electrons. The summed E-state index contributed by atoms with van der Waals surface area (Å²) in [5.41, 5.74) is 0. The summed E-state index contributed by atoms with van der Waals surface area (Å²) in [6.45, 7) is -0.566. The molecule has 0 unspecified atom stereocenters. The Kier molecular flexibility index (Phi) is 3.28. The van der Waals surface area contributed by atoms with Crippen molar-refractivity contribution in [2.75, 3.05) is 13.7 Å². The minimum Gasteiger partial charge on any atom is -0.497 e. The van der Waals surface area contributed by atoms with E-state index in [2.05, 4.69) is 4.74 Å². The van der Waals surface area contributed by atoms with E-state index in [0.29, 0.717) is 5.75 Å². The van der Waals surface area contributed by atoms with Crippen molar-refractivity contribution in [1.82, 2.24) is 0 Å². The van der Waals surface area contributed by atoms with Gasteiger partial charge < -0.3 is 14.6 Å². The van der Waals surface area contributed by atoms with E-state index < -0.39 is 18.4 Å². The van der Waals surface area contributed by atoms with Gasteiger partial charge in [0.25, 0.3) is 0 Å². The SMILES string of the molecule is COc1ccc(OCC(=O)O)c(F)c1. The molecule has 0 atom stereocenters. The monoisotopic (exact) mass is 200 g/mol. The zero-order valence-electron chi connectivity index (χ0n) is 7.49. The summed E-state index contributed by atoms with van der Waals surface area (Å²) >= 11 is 0. The van der Waals surface area contributed by atoms with Gasteiger partial charge in [-0.1, -0.05) is 0 Å². The quantitative estimate of drug-likeness (QED) is 0.795. The number of carbonyl (C=O) groups is 1. The number of carboxylic acid groups (broad SMARTS) is 1. The van der Waals surface area contributed by atoms with Gasteiger partial charge in [-0.3, -0.25) is 0 Å². The van der Waals surface area contributed by atoms with Crippen LogP contribution in [0.5, 0.6) is 11.5 Å². The highest BCUT2D eigenvalue weighted by Crippen LogP contribution is 2.22. The lowest BCUT2D eigenvalue weighted by Crippen LogP contribution is -2.10. The van der Waals surface area contributed by atoms with E-state index in [1.807, 2.05) is 0 Å². The summed E-state index contributed by atoms with van der Waals surface area (Å²) in [5, 5.41) is 8.29. The molecule has 1 aromatic rings. The van der Waals surface area contributed by atoms with E-state index in [1.165, 1.54) is 19.2 Å². The molecule has 0 aliphatic rings. The van der Waals surface area contributed by atoms with E-state index in [0.717, 1.165) is 6.07 Å². The van der Waals surface area contributed by atoms with Gasteiger partial charge in [0.05, 0.1) is 7.11 Å². The first-order valence-corrected chi connectivity index (χ1v) is 3.81. The van der Waals surface area contributed by atoms with Crippen LogP contribution in [-0.2, 0) is 4.79 Å². The second-order valence-corrected chi connectivity index (χ2v) is 2.48. The van der Waals surface area contributed by atoms with Crippen LogP contribution in [0.4, 0.5) is 4.39 Å². The molecule has 1 N–H and O–H groups in total. The van der Waals surface area contributed by atoms with Crippen LogP contribution in [0.3, 0.4) is 0 Å². The predicted octanol–water partition coefficient (Wildman–Crippen LogP) is 1.30. The lowest BCUT2D eigenvalue weighted by molar-refractivity contribution is -0.139. The number of benzene rings is 1. The third-order valence-electron chi connectivity index (χ3n) is 1.49. The number of ether oxygens (including phenoxy) is 2. The molecule has 0 saturated carbocycles. The molecule has 4 nitrogen and oxygen atoms in total. The Morgan fingerprint density at radius 1 is 1.57 bits per heavy atom. The normalized spacial score (nSPS) is 9.57. The lowest BCUT2D eigenvalue weighted by Gasteiger charge is -2.05. The van der Waals surface area contributed by atoms with Crippen molar-refractivity contribution < 1.29 is 23.8 Å². The van der Waals surface area contributed by atoms with Crippen LogP contribution in [0.2, 0.25) is 0 Å². The number of methoxy groups -OCH3 is 1. The van der Waals surface area contributed by atoms with Gasteiger partial charge >= 0.3 is 5.97 Å². The van der Waals surface area contributed by atoms with Crippen molar-refractivity contribution in [2.24, 2.45) is 0 Å². The Bertz CT molecular complexity index is 338. The number of carboxylic acids is 1. The smallest absolute Gasteiger partial charge is 0.341 e. The highest BCUT2D eigenvalue weighted by Gasteiger charge is 2.06. The summed E-state index contributed by atoms with van der Waals surface area (Å²) in [6.07, 6.45) is 0. The predicted molar refractivity (Wildman–Crippen MR) is 46.1 cm³/mol. The molecule has 0 saturated heterocycles. The molecule has 0 bridgehead atoms. The summed E-state index contributed by atoms with van der Waals surface area (Å²) in [4.78, 5) is 10.1. The maximum atomic E-state index is 13.1. The fraction of sp³-hybridized carbons (Fsp3) is 0.222. The van der Waals surface area contributed by atoms with Gasteiger partial charge in [-0.25, -0.2) is 9.18 Å². The number of hydrogen-bond acceptors (Lipinski definition) is 3. The molecule has 0 heterocycles. The molecular weight excluding hydrogens is 191 g/mol. The Labute approximate surface area is 79.9 Å². The van der Waals surface area contributed by atoms with Gasteiger partial charge in [0.2, 0.25) is 0 Å². The van der Waals surface area contributed by atoms with Crippen LogP contribution >= 0.6 is 0 Å². The minimum atomic E-state index is -1.15. The third kappa shape index (κ3) is 2.62. The van der Waals surface area contributed by atoms with Gasteiger partial charge in [-0.05, 0) is 12.1 Å². The standard InChI is InChI=1S/C9H9FO4/c1-13-6-2-3-8(7(10)4-6)14-5-9(11)12/h2-4H,5H2,1H3,(H,11,12). The minimum absolute atomic E-state index is 0.104. The second kappa shape index (κ2) is 4.45. The maximum Gasteiger partial charge on any atom is 0.341 e. The first-order chi connectivity index (χ1) is 6.63. The zero-order valence-corrected chi connectivity index (χ0v) is 7.49. The average Bonchev–Trinajstić information content (AvgIpc) is 2.15. The van der Waals surface area contributed by atoms with Gasteiger partial charge in [-0.15, -0.1) is 0 Å². The summed E-state index contributed by atoms with van der Waals surface area (Å²) in [5.74, 6) is -1.55. The third-order valence-corrected chi connectivity index (χ3v) is 1.49.